The average molecular weight is 160 g/mol. The van der Waals surface area contributed by atoms with Crippen LogP contribution in [-0.4, -0.2) is 24.9 Å². The van der Waals surface area contributed by atoms with Gasteiger partial charge in [-0.3, -0.25) is 0 Å². The van der Waals surface area contributed by atoms with Crippen LogP contribution in [0.25, 0.3) is 0 Å². The van der Waals surface area contributed by atoms with E-state index in [1.54, 1.807) is 0 Å². The summed E-state index contributed by atoms with van der Waals surface area (Å²) in [5.41, 5.74) is 0.273. The van der Waals surface area contributed by atoms with Gasteiger partial charge < -0.3 is 9.84 Å². The SMILES string of the molecule is CC.CC1(CCO)CCOC1. The van der Waals surface area contributed by atoms with Gasteiger partial charge in [-0.15, -0.1) is 0 Å². The van der Waals surface area contributed by atoms with Gasteiger partial charge in [0.15, 0.2) is 0 Å². The molecule has 0 amide bonds. The Morgan fingerprint density at radius 2 is 2.09 bits per heavy atom. The van der Waals surface area contributed by atoms with Crippen LogP contribution in [0.4, 0.5) is 0 Å². The molecule has 0 aromatic carbocycles. The highest BCUT2D eigenvalue weighted by Crippen LogP contribution is 2.30. The van der Waals surface area contributed by atoms with Gasteiger partial charge in [-0.25, -0.2) is 0 Å². The molecule has 0 aromatic rings. The molecule has 2 heteroatoms. The van der Waals surface area contributed by atoms with E-state index in [-0.39, 0.29) is 5.41 Å². The molecular weight excluding hydrogens is 140 g/mol. The number of hydrogen-bond donors (Lipinski definition) is 1. The number of ether oxygens (including phenoxy) is 1. The fraction of sp³-hybridized carbons (Fsp3) is 1.00. The fourth-order valence-electron chi connectivity index (χ4n) is 1.18. The van der Waals surface area contributed by atoms with Gasteiger partial charge >= 0.3 is 0 Å². The van der Waals surface area contributed by atoms with Crippen LogP contribution >= 0.6 is 0 Å². The predicted octanol–water partition coefficient (Wildman–Crippen LogP) is 1.82. The third-order valence-corrected chi connectivity index (χ3v) is 2.02. The van der Waals surface area contributed by atoms with E-state index in [2.05, 4.69) is 6.92 Å². The van der Waals surface area contributed by atoms with Crippen LogP contribution in [0.3, 0.4) is 0 Å². The Hall–Kier alpha value is -0.0800. The molecule has 0 radical (unpaired) electrons. The highest BCUT2D eigenvalue weighted by atomic mass is 16.5. The average Bonchev–Trinajstić information content (AvgIpc) is 2.41. The smallest absolute Gasteiger partial charge is 0.0521 e. The summed E-state index contributed by atoms with van der Waals surface area (Å²) in [4.78, 5) is 0. The van der Waals surface area contributed by atoms with Gasteiger partial charge in [-0.05, 0) is 18.3 Å². The molecule has 68 valence electrons. The monoisotopic (exact) mass is 160 g/mol. The molecule has 0 saturated carbocycles. The topological polar surface area (TPSA) is 29.5 Å². The molecule has 11 heavy (non-hydrogen) atoms. The van der Waals surface area contributed by atoms with Gasteiger partial charge in [0.2, 0.25) is 0 Å². The Balaban J connectivity index is 0.000000461. The standard InChI is InChI=1S/C7H14O2.C2H6/c1-7(2-4-8)3-5-9-6-7;1-2/h8H,2-6H2,1H3;1-2H3. The maximum Gasteiger partial charge on any atom is 0.0521 e. The van der Waals surface area contributed by atoms with E-state index in [0.29, 0.717) is 6.61 Å². The van der Waals surface area contributed by atoms with Crippen LogP contribution in [0, 0.1) is 5.41 Å². The van der Waals surface area contributed by atoms with E-state index in [4.69, 9.17) is 9.84 Å². The van der Waals surface area contributed by atoms with Crippen molar-refractivity contribution in [3.63, 3.8) is 0 Å². The molecule has 0 aliphatic carbocycles. The summed E-state index contributed by atoms with van der Waals surface area (Å²) in [7, 11) is 0. The second kappa shape index (κ2) is 5.56. The molecule has 1 rings (SSSR count). The van der Waals surface area contributed by atoms with E-state index in [9.17, 15) is 0 Å². The molecule has 0 bridgehead atoms. The summed E-state index contributed by atoms with van der Waals surface area (Å²) in [5, 5.41) is 8.64. The zero-order valence-electron chi connectivity index (χ0n) is 7.89. The van der Waals surface area contributed by atoms with Crippen LogP contribution in [0.5, 0.6) is 0 Å². The highest BCUT2D eigenvalue weighted by molar-refractivity contribution is 4.77. The summed E-state index contributed by atoms with van der Waals surface area (Å²) in [6.07, 6.45) is 1.99. The molecule has 0 spiro atoms. The van der Waals surface area contributed by atoms with Crippen molar-refractivity contribution in [2.24, 2.45) is 5.41 Å². The van der Waals surface area contributed by atoms with Crippen molar-refractivity contribution in [2.75, 3.05) is 19.8 Å². The first-order chi connectivity index (χ1) is 5.27. The van der Waals surface area contributed by atoms with Gasteiger partial charge in [0.25, 0.3) is 0 Å². The van der Waals surface area contributed by atoms with Crippen LogP contribution in [0.2, 0.25) is 0 Å². The molecule has 1 aliphatic rings. The molecule has 2 nitrogen and oxygen atoms in total. The lowest BCUT2D eigenvalue weighted by Gasteiger charge is -2.18. The van der Waals surface area contributed by atoms with Gasteiger partial charge in [0.1, 0.15) is 0 Å². The minimum absolute atomic E-state index is 0.273. The predicted molar refractivity (Wildman–Crippen MR) is 46.6 cm³/mol. The first-order valence-electron chi connectivity index (χ1n) is 4.45. The minimum atomic E-state index is 0.273. The first-order valence-corrected chi connectivity index (χ1v) is 4.45. The van der Waals surface area contributed by atoms with Gasteiger partial charge in [-0.1, -0.05) is 20.8 Å². The molecule has 1 heterocycles. The molecule has 0 aromatic heterocycles. The van der Waals surface area contributed by atoms with Crippen molar-refractivity contribution in [2.45, 2.75) is 33.6 Å². The number of hydrogen-bond acceptors (Lipinski definition) is 2. The molecule has 1 N–H and O–H groups in total. The van der Waals surface area contributed by atoms with Crippen LogP contribution < -0.4 is 0 Å². The summed E-state index contributed by atoms with van der Waals surface area (Å²) >= 11 is 0. The highest BCUT2D eigenvalue weighted by Gasteiger charge is 2.28. The van der Waals surface area contributed by atoms with E-state index >= 15 is 0 Å². The summed E-state index contributed by atoms with van der Waals surface area (Å²) in [6, 6.07) is 0. The van der Waals surface area contributed by atoms with Crippen molar-refractivity contribution >= 4 is 0 Å². The van der Waals surface area contributed by atoms with Crippen LogP contribution in [0.15, 0.2) is 0 Å². The Morgan fingerprint density at radius 3 is 2.45 bits per heavy atom. The van der Waals surface area contributed by atoms with Crippen LogP contribution in [-0.2, 0) is 4.74 Å². The van der Waals surface area contributed by atoms with E-state index < -0.39 is 0 Å². The van der Waals surface area contributed by atoms with Crippen molar-refractivity contribution in [3.8, 4) is 0 Å². The second-order valence-electron chi connectivity index (χ2n) is 3.09. The minimum Gasteiger partial charge on any atom is -0.396 e. The van der Waals surface area contributed by atoms with Gasteiger partial charge in [0, 0.05) is 13.2 Å². The van der Waals surface area contributed by atoms with Crippen molar-refractivity contribution in [1.82, 2.24) is 0 Å². The van der Waals surface area contributed by atoms with Crippen molar-refractivity contribution in [3.05, 3.63) is 0 Å². The lowest BCUT2D eigenvalue weighted by molar-refractivity contribution is 0.137. The number of rotatable bonds is 2. The number of aliphatic hydroxyl groups excluding tert-OH is 1. The second-order valence-corrected chi connectivity index (χ2v) is 3.09. The summed E-state index contributed by atoms with van der Waals surface area (Å²) in [5.74, 6) is 0. The van der Waals surface area contributed by atoms with E-state index in [1.807, 2.05) is 13.8 Å². The quantitative estimate of drug-likeness (QED) is 0.667. The lowest BCUT2D eigenvalue weighted by Crippen LogP contribution is -2.17. The first kappa shape index (κ1) is 10.9. The normalized spacial score (nSPS) is 29.5. The third kappa shape index (κ3) is 3.73. The summed E-state index contributed by atoms with van der Waals surface area (Å²) < 4.78 is 5.20. The zero-order chi connectivity index (χ0) is 8.74. The van der Waals surface area contributed by atoms with E-state index in [1.165, 1.54) is 0 Å². The van der Waals surface area contributed by atoms with Crippen molar-refractivity contribution in [1.29, 1.82) is 0 Å². The molecule has 1 unspecified atom stereocenters. The van der Waals surface area contributed by atoms with Crippen LogP contribution in [0.1, 0.15) is 33.6 Å². The maximum absolute atomic E-state index is 8.64. The summed E-state index contributed by atoms with van der Waals surface area (Å²) in [6.45, 7) is 8.15. The lowest BCUT2D eigenvalue weighted by atomic mass is 9.87. The Kier molecular flexibility index (Phi) is 5.51. The molecule has 1 fully saturated rings. The Labute approximate surface area is 69.6 Å². The zero-order valence-corrected chi connectivity index (χ0v) is 7.89. The van der Waals surface area contributed by atoms with Gasteiger partial charge in [0.05, 0.1) is 6.61 Å². The fourth-order valence-corrected chi connectivity index (χ4v) is 1.18. The number of aliphatic hydroxyl groups is 1. The maximum atomic E-state index is 8.64. The molecular formula is C9H20O2. The molecule has 1 atom stereocenters. The Bertz CT molecular complexity index is 85.6. The van der Waals surface area contributed by atoms with E-state index in [0.717, 1.165) is 26.1 Å². The largest absolute Gasteiger partial charge is 0.396 e. The Morgan fingerprint density at radius 1 is 1.45 bits per heavy atom. The molecule has 1 aliphatic heterocycles. The van der Waals surface area contributed by atoms with Gasteiger partial charge in [-0.2, -0.15) is 0 Å². The third-order valence-electron chi connectivity index (χ3n) is 2.02. The van der Waals surface area contributed by atoms with Crippen molar-refractivity contribution < 1.29 is 9.84 Å². The molecule has 1 saturated heterocycles.